The Bertz CT molecular complexity index is 446. The van der Waals surface area contributed by atoms with Crippen LogP contribution in [-0.2, 0) is 4.79 Å². The average Bonchev–Trinajstić information content (AvgIpc) is 2.23. The van der Waals surface area contributed by atoms with Gasteiger partial charge >= 0.3 is 11.9 Å². The summed E-state index contributed by atoms with van der Waals surface area (Å²) in [6.07, 6.45) is 0.278. The van der Waals surface area contributed by atoms with E-state index in [4.69, 9.17) is 32.0 Å². The highest BCUT2D eigenvalue weighted by Gasteiger charge is 2.10. The number of phenolic OH excluding ortho intramolecular Hbond substituents is 2. The van der Waals surface area contributed by atoms with Gasteiger partial charge < -0.3 is 20.4 Å². The van der Waals surface area contributed by atoms with Crippen molar-refractivity contribution in [3.05, 3.63) is 22.7 Å². The first kappa shape index (κ1) is 17.1. The molecule has 0 amide bonds. The number of carboxylic acids is 2. The number of benzene rings is 1. The number of halogens is 1. The Morgan fingerprint density at radius 1 is 1.16 bits per heavy atom. The molecule has 1 rings (SSSR count). The SMILES string of the molecule is CC(C)CC(=O)O.O=C(O)c1cc(O)c(Cl)c(O)c1. The van der Waals surface area contributed by atoms with Crippen LogP contribution in [0.15, 0.2) is 12.1 Å². The van der Waals surface area contributed by atoms with Crippen molar-refractivity contribution in [3.63, 3.8) is 0 Å². The van der Waals surface area contributed by atoms with Gasteiger partial charge in [0.25, 0.3) is 0 Å². The van der Waals surface area contributed by atoms with Crippen molar-refractivity contribution >= 4 is 23.5 Å². The van der Waals surface area contributed by atoms with Gasteiger partial charge in [-0.1, -0.05) is 25.4 Å². The molecule has 0 aliphatic rings. The Labute approximate surface area is 114 Å². The Morgan fingerprint density at radius 2 is 1.58 bits per heavy atom. The lowest BCUT2D eigenvalue weighted by molar-refractivity contribution is -0.137. The van der Waals surface area contributed by atoms with Gasteiger partial charge in [-0.3, -0.25) is 4.79 Å². The van der Waals surface area contributed by atoms with Crippen molar-refractivity contribution in [2.75, 3.05) is 0 Å². The highest BCUT2D eigenvalue weighted by Crippen LogP contribution is 2.33. The summed E-state index contributed by atoms with van der Waals surface area (Å²) in [6.45, 7) is 3.77. The van der Waals surface area contributed by atoms with Gasteiger partial charge in [0.15, 0.2) is 0 Å². The topological polar surface area (TPSA) is 115 Å². The molecule has 0 spiro atoms. The molecule has 0 saturated heterocycles. The maximum Gasteiger partial charge on any atom is 0.335 e. The van der Waals surface area contributed by atoms with Gasteiger partial charge in [-0.2, -0.15) is 0 Å². The fourth-order valence-electron chi connectivity index (χ4n) is 1.07. The van der Waals surface area contributed by atoms with E-state index in [0.717, 1.165) is 12.1 Å². The lowest BCUT2D eigenvalue weighted by Gasteiger charge is -2.01. The van der Waals surface area contributed by atoms with E-state index in [1.54, 1.807) is 0 Å². The van der Waals surface area contributed by atoms with Gasteiger partial charge in [0.1, 0.15) is 16.5 Å². The van der Waals surface area contributed by atoms with Gasteiger partial charge in [0.2, 0.25) is 0 Å². The van der Waals surface area contributed by atoms with Crippen molar-refractivity contribution < 1.29 is 30.0 Å². The second-order valence-corrected chi connectivity index (χ2v) is 4.50. The molecule has 0 atom stereocenters. The standard InChI is InChI=1S/C7H5ClO4.C5H10O2/c8-6-4(9)1-3(7(11)12)2-5(6)10;1-4(2)3-5(6)7/h1-2,9-10H,(H,11,12);4H,3H2,1-2H3,(H,6,7). The van der Waals surface area contributed by atoms with Gasteiger partial charge in [-0.05, 0) is 18.1 Å². The zero-order chi connectivity index (χ0) is 15.2. The molecule has 6 nitrogen and oxygen atoms in total. The molecule has 0 bridgehead atoms. The van der Waals surface area contributed by atoms with Crippen LogP contribution in [0.25, 0.3) is 0 Å². The smallest absolute Gasteiger partial charge is 0.335 e. The number of hydrogen-bond acceptors (Lipinski definition) is 4. The molecule has 0 fully saturated rings. The fourth-order valence-corrected chi connectivity index (χ4v) is 1.18. The molecule has 106 valence electrons. The first-order valence-electron chi connectivity index (χ1n) is 5.31. The van der Waals surface area contributed by atoms with Crippen LogP contribution in [0.5, 0.6) is 11.5 Å². The molecule has 1 aromatic carbocycles. The number of rotatable bonds is 3. The molecule has 1 aromatic rings. The first-order chi connectivity index (χ1) is 8.65. The number of aromatic hydroxyl groups is 2. The molecule has 0 heterocycles. The third kappa shape index (κ3) is 6.52. The molecule has 0 saturated carbocycles. The van der Waals surface area contributed by atoms with E-state index < -0.39 is 23.4 Å². The Balaban J connectivity index is 0.000000399. The van der Waals surface area contributed by atoms with E-state index in [0.29, 0.717) is 0 Å². The lowest BCUT2D eigenvalue weighted by Crippen LogP contribution is -1.99. The Kier molecular flexibility index (Phi) is 6.71. The normalized spacial score (nSPS) is 9.68. The summed E-state index contributed by atoms with van der Waals surface area (Å²) in [5.41, 5.74) is -0.214. The third-order valence-electron chi connectivity index (χ3n) is 1.86. The average molecular weight is 291 g/mol. The monoisotopic (exact) mass is 290 g/mol. The summed E-state index contributed by atoms with van der Waals surface area (Å²) in [5.74, 6) is -2.58. The van der Waals surface area contributed by atoms with E-state index in [2.05, 4.69) is 0 Å². The van der Waals surface area contributed by atoms with Crippen molar-refractivity contribution in [1.82, 2.24) is 0 Å². The van der Waals surface area contributed by atoms with Crippen molar-refractivity contribution in [2.24, 2.45) is 5.92 Å². The van der Waals surface area contributed by atoms with Crippen LogP contribution >= 0.6 is 11.6 Å². The molecule has 19 heavy (non-hydrogen) atoms. The summed E-state index contributed by atoms with van der Waals surface area (Å²) in [7, 11) is 0. The van der Waals surface area contributed by atoms with E-state index in [1.165, 1.54) is 0 Å². The van der Waals surface area contributed by atoms with Crippen molar-refractivity contribution in [1.29, 1.82) is 0 Å². The van der Waals surface area contributed by atoms with Gasteiger partial charge in [0.05, 0.1) is 5.56 Å². The minimum atomic E-state index is -1.24. The van der Waals surface area contributed by atoms with Crippen LogP contribution < -0.4 is 0 Å². The molecular formula is C12H15ClO6. The molecule has 0 unspecified atom stereocenters. The first-order valence-corrected chi connectivity index (χ1v) is 5.69. The molecule has 0 aromatic heterocycles. The Morgan fingerprint density at radius 3 is 1.79 bits per heavy atom. The van der Waals surface area contributed by atoms with Crippen LogP contribution in [-0.4, -0.2) is 32.4 Å². The number of aromatic carboxylic acids is 1. The lowest BCUT2D eigenvalue weighted by atomic mass is 10.1. The van der Waals surface area contributed by atoms with Gasteiger partial charge in [-0.25, -0.2) is 4.79 Å². The third-order valence-corrected chi connectivity index (χ3v) is 2.25. The molecule has 4 N–H and O–H groups in total. The minimum absolute atomic E-state index is 0.214. The van der Waals surface area contributed by atoms with Crippen LogP contribution in [0, 0.1) is 5.92 Å². The van der Waals surface area contributed by atoms with Crippen LogP contribution in [0.3, 0.4) is 0 Å². The largest absolute Gasteiger partial charge is 0.506 e. The summed E-state index contributed by atoms with van der Waals surface area (Å²) < 4.78 is 0. The highest BCUT2D eigenvalue weighted by molar-refractivity contribution is 6.33. The zero-order valence-corrected chi connectivity index (χ0v) is 11.2. The summed E-state index contributed by atoms with van der Waals surface area (Å²) in [4.78, 5) is 20.2. The number of hydrogen-bond donors (Lipinski definition) is 4. The van der Waals surface area contributed by atoms with Crippen molar-refractivity contribution in [3.8, 4) is 11.5 Å². The second-order valence-electron chi connectivity index (χ2n) is 4.13. The zero-order valence-electron chi connectivity index (χ0n) is 10.4. The van der Waals surface area contributed by atoms with Crippen LogP contribution in [0.2, 0.25) is 5.02 Å². The summed E-state index contributed by atoms with van der Waals surface area (Å²) in [6, 6.07) is 1.93. The van der Waals surface area contributed by atoms with Gasteiger partial charge in [-0.15, -0.1) is 0 Å². The number of aliphatic carboxylic acids is 1. The number of carboxylic acid groups (broad SMARTS) is 2. The molecule has 7 heteroatoms. The van der Waals surface area contributed by atoms with Crippen LogP contribution in [0.1, 0.15) is 30.6 Å². The number of carbonyl (C=O) groups is 2. The van der Waals surface area contributed by atoms with E-state index in [1.807, 2.05) is 13.8 Å². The predicted octanol–water partition coefficient (Wildman–Crippen LogP) is 2.57. The molecular weight excluding hydrogens is 276 g/mol. The fraction of sp³-hybridized carbons (Fsp3) is 0.333. The summed E-state index contributed by atoms with van der Waals surface area (Å²) >= 11 is 5.36. The predicted molar refractivity (Wildman–Crippen MR) is 68.8 cm³/mol. The van der Waals surface area contributed by atoms with Crippen LogP contribution in [0.4, 0.5) is 0 Å². The Hall–Kier alpha value is -1.95. The van der Waals surface area contributed by atoms with E-state index in [-0.39, 0.29) is 22.9 Å². The molecule has 0 radical (unpaired) electrons. The second kappa shape index (κ2) is 7.48. The number of phenols is 2. The van der Waals surface area contributed by atoms with E-state index in [9.17, 15) is 9.59 Å². The molecule has 0 aliphatic heterocycles. The maximum absolute atomic E-state index is 10.4. The quantitative estimate of drug-likeness (QED) is 0.680. The molecule has 0 aliphatic carbocycles. The van der Waals surface area contributed by atoms with Crippen molar-refractivity contribution in [2.45, 2.75) is 20.3 Å². The maximum atomic E-state index is 10.4. The summed E-state index contributed by atoms with van der Waals surface area (Å²) in [5, 5.41) is 34.2. The minimum Gasteiger partial charge on any atom is -0.506 e. The van der Waals surface area contributed by atoms with E-state index >= 15 is 0 Å². The van der Waals surface area contributed by atoms with Gasteiger partial charge in [0, 0.05) is 6.42 Å². The highest BCUT2D eigenvalue weighted by atomic mass is 35.5.